The van der Waals surface area contributed by atoms with Crippen molar-refractivity contribution in [1.29, 1.82) is 0 Å². The van der Waals surface area contributed by atoms with Gasteiger partial charge in [-0.2, -0.15) is 9.61 Å². The van der Waals surface area contributed by atoms with Gasteiger partial charge in [0.15, 0.2) is 11.5 Å². The van der Waals surface area contributed by atoms with Crippen LogP contribution in [0.5, 0.6) is 0 Å². The third-order valence-electron chi connectivity index (χ3n) is 5.40. The zero-order valence-corrected chi connectivity index (χ0v) is 15.6. The van der Waals surface area contributed by atoms with Crippen LogP contribution in [0, 0.1) is 11.7 Å². The van der Waals surface area contributed by atoms with Gasteiger partial charge >= 0.3 is 0 Å². The summed E-state index contributed by atoms with van der Waals surface area (Å²) in [6.07, 6.45) is 5.26. The van der Waals surface area contributed by atoms with E-state index in [0.717, 1.165) is 55.7 Å². The van der Waals surface area contributed by atoms with Gasteiger partial charge in [-0.3, -0.25) is 0 Å². The lowest BCUT2D eigenvalue weighted by Crippen LogP contribution is -2.46. The maximum Gasteiger partial charge on any atom is 0.198 e. The van der Waals surface area contributed by atoms with Crippen LogP contribution in [0.2, 0.25) is 5.02 Å². The molecule has 1 aliphatic carbocycles. The monoisotopic (exact) mass is 386 g/mol. The lowest BCUT2D eigenvalue weighted by atomic mass is 10.2. The first-order valence-electron chi connectivity index (χ1n) is 9.33. The molecule has 0 atom stereocenters. The molecule has 0 amide bonds. The van der Waals surface area contributed by atoms with Crippen molar-refractivity contribution < 1.29 is 4.39 Å². The maximum absolute atomic E-state index is 13.1. The quantitative estimate of drug-likeness (QED) is 0.689. The van der Waals surface area contributed by atoms with Gasteiger partial charge in [0.05, 0.1) is 11.9 Å². The van der Waals surface area contributed by atoms with Crippen molar-refractivity contribution >= 4 is 28.6 Å². The number of rotatable bonds is 4. The Labute approximate surface area is 161 Å². The second-order valence-corrected chi connectivity index (χ2v) is 7.67. The molecular weight excluding hydrogens is 367 g/mol. The van der Waals surface area contributed by atoms with Crippen molar-refractivity contribution in [2.24, 2.45) is 5.92 Å². The fourth-order valence-electron chi connectivity index (χ4n) is 3.64. The van der Waals surface area contributed by atoms with E-state index in [1.54, 1.807) is 4.52 Å². The van der Waals surface area contributed by atoms with Crippen LogP contribution in [-0.4, -0.2) is 46.0 Å². The fraction of sp³-hybridized carbons (Fsp3) is 0.421. The highest BCUT2D eigenvalue weighted by atomic mass is 35.5. The van der Waals surface area contributed by atoms with Crippen molar-refractivity contribution in [3.05, 3.63) is 47.1 Å². The topological polar surface area (TPSA) is 49.6 Å². The molecule has 2 aromatic heterocycles. The average Bonchev–Trinajstić information content (AvgIpc) is 3.42. The molecule has 2 fully saturated rings. The minimum atomic E-state index is -0.210. The molecule has 8 heteroatoms. The average molecular weight is 387 g/mol. The van der Waals surface area contributed by atoms with E-state index in [2.05, 4.69) is 25.1 Å². The number of halogens is 2. The zero-order valence-electron chi connectivity index (χ0n) is 14.9. The predicted octanol–water partition coefficient (Wildman–Crippen LogP) is 3.20. The Morgan fingerprint density at radius 2 is 1.70 bits per heavy atom. The van der Waals surface area contributed by atoms with Gasteiger partial charge in [0.2, 0.25) is 0 Å². The van der Waals surface area contributed by atoms with Gasteiger partial charge < -0.3 is 9.80 Å². The molecule has 0 radical (unpaired) electrons. The largest absolute Gasteiger partial charge is 0.368 e. The molecule has 0 unspecified atom stereocenters. The first-order chi connectivity index (χ1) is 13.2. The first kappa shape index (κ1) is 16.7. The number of aromatic nitrogens is 4. The van der Waals surface area contributed by atoms with E-state index >= 15 is 0 Å². The Hall–Kier alpha value is -2.41. The number of piperazine rings is 1. The maximum atomic E-state index is 13.1. The van der Waals surface area contributed by atoms with Gasteiger partial charge in [0.1, 0.15) is 10.8 Å². The third-order valence-corrected chi connectivity index (χ3v) is 5.76. The van der Waals surface area contributed by atoms with Gasteiger partial charge in [0, 0.05) is 38.3 Å². The molecule has 1 aliphatic heterocycles. The minimum absolute atomic E-state index is 0.210. The van der Waals surface area contributed by atoms with E-state index in [1.807, 2.05) is 18.3 Å². The van der Waals surface area contributed by atoms with Crippen molar-refractivity contribution in [3.8, 4) is 0 Å². The summed E-state index contributed by atoms with van der Waals surface area (Å²) in [6, 6.07) is 6.65. The Morgan fingerprint density at radius 3 is 2.41 bits per heavy atom. The summed E-state index contributed by atoms with van der Waals surface area (Å²) in [5.41, 5.74) is 2.57. The molecule has 3 heterocycles. The number of nitrogens with zero attached hydrogens (tertiary/aromatic N) is 6. The number of anilines is 2. The van der Waals surface area contributed by atoms with Crippen molar-refractivity contribution in [3.63, 3.8) is 0 Å². The summed E-state index contributed by atoms with van der Waals surface area (Å²) in [6.45, 7) is 3.32. The Balaban J connectivity index is 1.33. The molecule has 3 aromatic rings. The van der Waals surface area contributed by atoms with Crippen LogP contribution in [0.1, 0.15) is 18.7 Å². The van der Waals surface area contributed by atoms with Gasteiger partial charge in [0.25, 0.3) is 0 Å². The Bertz CT molecular complexity index is 960. The van der Waals surface area contributed by atoms with E-state index < -0.39 is 0 Å². The van der Waals surface area contributed by atoms with E-state index in [-0.39, 0.29) is 5.82 Å². The normalized spacial score (nSPS) is 17.7. The molecule has 1 aromatic carbocycles. The summed E-state index contributed by atoms with van der Waals surface area (Å²) in [5, 5.41) is 13.7. The van der Waals surface area contributed by atoms with Crippen LogP contribution in [0.25, 0.3) is 5.65 Å². The fourth-order valence-corrected chi connectivity index (χ4v) is 3.93. The van der Waals surface area contributed by atoms with E-state index in [1.165, 1.54) is 25.0 Å². The molecule has 1 saturated heterocycles. The molecule has 0 spiro atoms. The zero-order chi connectivity index (χ0) is 18.4. The molecule has 0 bridgehead atoms. The number of fused-ring (bicyclic) bond motifs is 1. The Kier molecular flexibility index (Phi) is 4.11. The highest BCUT2D eigenvalue weighted by molar-refractivity contribution is 6.36. The SMILES string of the molecule is Fc1ccc(N2CCN(c3cnn4c(CC5CC5)nnc4c3Cl)CC2)cc1. The van der Waals surface area contributed by atoms with Crippen molar-refractivity contribution in [1.82, 2.24) is 19.8 Å². The summed E-state index contributed by atoms with van der Waals surface area (Å²) < 4.78 is 14.9. The molecule has 140 valence electrons. The van der Waals surface area contributed by atoms with Gasteiger partial charge in [-0.1, -0.05) is 11.6 Å². The lowest BCUT2D eigenvalue weighted by Gasteiger charge is -2.37. The number of hydrogen-bond acceptors (Lipinski definition) is 5. The van der Waals surface area contributed by atoms with E-state index in [9.17, 15) is 4.39 Å². The van der Waals surface area contributed by atoms with Crippen molar-refractivity contribution in [2.75, 3.05) is 36.0 Å². The standard InChI is InChI=1S/C19H20ClFN6/c20-18-16(12-22-27-17(11-13-1-2-13)23-24-19(18)27)26-9-7-25(8-10-26)15-5-3-14(21)4-6-15/h3-6,12-13H,1-2,7-11H2. The van der Waals surface area contributed by atoms with Gasteiger partial charge in [-0.25, -0.2) is 4.39 Å². The highest BCUT2D eigenvalue weighted by Gasteiger charge is 2.26. The molecule has 1 saturated carbocycles. The summed E-state index contributed by atoms with van der Waals surface area (Å²) in [7, 11) is 0. The summed E-state index contributed by atoms with van der Waals surface area (Å²) >= 11 is 6.65. The van der Waals surface area contributed by atoms with Crippen LogP contribution < -0.4 is 9.80 Å². The molecule has 0 N–H and O–H groups in total. The molecular formula is C19H20ClFN6. The lowest BCUT2D eigenvalue weighted by molar-refractivity contribution is 0.624. The smallest absolute Gasteiger partial charge is 0.198 e. The van der Waals surface area contributed by atoms with Crippen LogP contribution in [0.4, 0.5) is 15.8 Å². The van der Waals surface area contributed by atoms with E-state index in [4.69, 9.17) is 11.6 Å². The van der Waals surface area contributed by atoms with Crippen LogP contribution in [-0.2, 0) is 6.42 Å². The first-order valence-corrected chi connectivity index (χ1v) is 9.71. The molecule has 5 rings (SSSR count). The predicted molar refractivity (Wildman–Crippen MR) is 103 cm³/mol. The van der Waals surface area contributed by atoms with Gasteiger partial charge in [-0.05, 0) is 43.0 Å². The molecule has 6 nitrogen and oxygen atoms in total. The van der Waals surface area contributed by atoms with E-state index in [0.29, 0.717) is 10.7 Å². The summed E-state index contributed by atoms with van der Waals surface area (Å²) in [5.74, 6) is 1.40. The van der Waals surface area contributed by atoms with Gasteiger partial charge in [-0.15, -0.1) is 10.2 Å². The van der Waals surface area contributed by atoms with Crippen LogP contribution in [0.3, 0.4) is 0 Å². The minimum Gasteiger partial charge on any atom is -0.368 e. The number of benzene rings is 1. The Morgan fingerprint density at radius 1 is 1.00 bits per heavy atom. The second kappa shape index (κ2) is 6.64. The van der Waals surface area contributed by atoms with Crippen LogP contribution >= 0.6 is 11.6 Å². The highest BCUT2D eigenvalue weighted by Crippen LogP contribution is 2.34. The molecule has 27 heavy (non-hydrogen) atoms. The second-order valence-electron chi connectivity index (χ2n) is 7.29. The van der Waals surface area contributed by atoms with Crippen LogP contribution in [0.15, 0.2) is 30.5 Å². The molecule has 2 aliphatic rings. The summed E-state index contributed by atoms with van der Waals surface area (Å²) in [4.78, 5) is 4.48. The van der Waals surface area contributed by atoms with Crippen molar-refractivity contribution in [2.45, 2.75) is 19.3 Å². The number of hydrogen-bond donors (Lipinski definition) is 0. The third kappa shape index (κ3) is 3.20.